The van der Waals surface area contributed by atoms with Crippen LogP contribution in [0.15, 0.2) is 12.1 Å². The van der Waals surface area contributed by atoms with Gasteiger partial charge in [0.1, 0.15) is 0 Å². The minimum atomic E-state index is -0.408. The molecular formula is C15H25FN2O. The highest BCUT2D eigenvalue weighted by atomic mass is 19.1. The maximum Gasteiger partial charge on any atom is 0.167 e. The zero-order valence-corrected chi connectivity index (χ0v) is 12.2. The van der Waals surface area contributed by atoms with Crippen LogP contribution in [0.5, 0.6) is 5.75 Å². The van der Waals surface area contributed by atoms with Gasteiger partial charge in [0, 0.05) is 25.2 Å². The van der Waals surface area contributed by atoms with Crippen LogP contribution in [-0.2, 0) is 0 Å². The van der Waals surface area contributed by atoms with Gasteiger partial charge in [-0.1, -0.05) is 26.7 Å². The van der Waals surface area contributed by atoms with Gasteiger partial charge in [0.15, 0.2) is 11.6 Å². The molecule has 0 fully saturated rings. The molecule has 3 nitrogen and oxygen atoms in total. The summed E-state index contributed by atoms with van der Waals surface area (Å²) >= 11 is 0. The van der Waals surface area contributed by atoms with Crippen molar-refractivity contribution < 1.29 is 9.13 Å². The molecule has 0 aliphatic rings. The van der Waals surface area contributed by atoms with Crippen LogP contribution in [0, 0.1) is 5.82 Å². The van der Waals surface area contributed by atoms with Crippen LogP contribution in [0.1, 0.15) is 39.5 Å². The van der Waals surface area contributed by atoms with E-state index >= 15 is 0 Å². The van der Waals surface area contributed by atoms with Crippen molar-refractivity contribution in [3.05, 3.63) is 17.9 Å². The lowest BCUT2D eigenvalue weighted by Crippen LogP contribution is -2.26. The monoisotopic (exact) mass is 268 g/mol. The molecule has 0 atom stereocenters. The molecule has 0 bridgehead atoms. The number of ether oxygens (including phenoxy) is 1. The first kappa shape index (κ1) is 15.6. The van der Waals surface area contributed by atoms with E-state index in [0.29, 0.717) is 5.69 Å². The minimum absolute atomic E-state index is 0.252. The van der Waals surface area contributed by atoms with Gasteiger partial charge in [0.05, 0.1) is 18.5 Å². The van der Waals surface area contributed by atoms with Gasteiger partial charge in [-0.3, -0.25) is 0 Å². The third-order valence-electron chi connectivity index (χ3n) is 3.20. The number of anilines is 2. The second-order valence-corrected chi connectivity index (χ2v) is 4.74. The Labute approximate surface area is 115 Å². The van der Waals surface area contributed by atoms with Crippen molar-refractivity contribution >= 4 is 11.4 Å². The number of nitrogen functional groups attached to an aromatic ring is 1. The maximum absolute atomic E-state index is 13.6. The Morgan fingerprint density at radius 2 is 1.74 bits per heavy atom. The van der Waals surface area contributed by atoms with Gasteiger partial charge in [-0.25, -0.2) is 4.39 Å². The van der Waals surface area contributed by atoms with Gasteiger partial charge in [0.25, 0.3) is 0 Å². The summed E-state index contributed by atoms with van der Waals surface area (Å²) in [5.41, 5.74) is 7.30. The average Bonchev–Trinajstić information content (AvgIpc) is 2.40. The number of unbranched alkanes of at least 4 members (excludes halogenated alkanes) is 2. The van der Waals surface area contributed by atoms with Gasteiger partial charge in [-0.2, -0.15) is 0 Å². The number of methoxy groups -OCH3 is 1. The highest BCUT2D eigenvalue weighted by Crippen LogP contribution is 2.31. The second kappa shape index (κ2) is 7.87. The highest BCUT2D eigenvalue weighted by Gasteiger charge is 2.14. The smallest absolute Gasteiger partial charge is 0.167 e. The maximum atomic E-state index is 13.6. The molecule has 0 spiro atoms. The van der Waals surface area contributed by atoms with Gasteiger partial charge in [-0.15, -0.1) is 0 Å². The fraction of sp³-hybridized carbons (Fsp3) is 0.600. The number of hydrogen-bond donors (Lipinski definition) is 1. The van der Waals surface area contributed by atoms with E-state index in [4.69, 9.17) is 10.5 Å². The molecule has 0 heterocycles. The summed E-state index contributed by atoms with van der Waals surface area (Å²) in [6.07, 6.45) is 4.45. The van der Waals surface area contributed by atoms with Crippen LogP contribution in [0.4, 0.5) is 15.8 Å². The summed E-state index contributed by atoms with van der Waals surface area (Å²) in [5.74, 6) is -0.156. The van der Waals surface area contributed by atoms with Crippen molar-refractivity contribution in [1.82, 2.24) is 0 Å². The van der Waals surface area contributed by atoms with Crippen LogP contribution in [0.3, 0.4) is 0 Å². The Bertz CT molecular complexity index is 388. The number of benzene rings is 1. The summed E-state index contributed by atoms with van der Waals surface area (Å²) in [7, 11) is 1.47. The van der Waals surface area contributed by atoms with E-state index in [2.05, 4.69) is 18.7 Å². The van der Waals surface area contributed by atoms with Crippen molar-refractivity contribution in [3.8, 4) is 5.75 Å². The first-order chi connectivity index (χ1) is 9.13. The molecule has 0 amide bonds. The highest BCUT2D eigenvalue weighted by molar-refractivity contribution is 5.70. The van der Waals surface area contributed by atoms with Crippen LogP contribution < -0.4 is 15.4 Å². The molecule has 0 aliphatic carbocycles. The molecule has 0 aliphatic heterocycles. The molecule has 2 N–H and O–H groups in total. The summed E-state index contributed by atoms with van der Waals surface area (Å²) in [5, 5.41) is 0. The first-order valence-corrected chi connectivity index (χ1v) is 7.02. The topological polar surface area (TPSA) is 38.5 Å². The number of rotatable bonds is 8. The number of hydrogen-bond acceptors (Lipinski definition) is 3. The lowest BCUT2D eigenvalue weighted by atomic mass is 10.2. The predicted octanol–water partition coefficient (Wildman–Crippen LogP) is 3.82. The molecule has 1 rings (SSSR count). The Kier molecular flexibility index (Phi) is 6.46. The second-order valence-electron chi connectivity index (χ2n) is 4.74. The Morgan fingerprint density at radius 1 is 1.16 bits per heavy atom. The van der Waals surface area contributed by atoms with Crippen molar-refractivity contribution in [1.29, 1.82) is 0 Å². The van der Waals surface area contributed by atoms with Crippen molar-refractivity contribution in [2.75, 3.05) is 30.8 Å². The van der Waals surface area contributed by atoms with E-state index in [-0.39, 0.29) is 5.75 Å². The zero-order valence-electron chi connectivity index (χ0n) is 12.2. The SMILES string of the molecule is CCCCN(CCCC)c1cc(OC)c(F)cc1N. The van der Waals surface area contributed by atoms with Crippen molar-refractivity contribution in [2.45, 2.75) is 39.5 Å². The van der Waals surface area contributed by atoms with E-state index in [1.165, 1.54) is 13.2 Å². The normalized spacial score (nSPS) is 10.5. The molecule has 0 saturated carbocycles. The molecular weight excluding hydrogens is 243 g/mol. The number of nitrogens with two attached hydrogens (primary N) is 1. The molecule has 1 aromatic rings. The fourth-order valence-electron chi connectivity index (χ4n) is 2.04. The summed E-state index contributed by atoms with van der Waals surface area (Å²) in [6, 6.07) is 3.05. The van der Waals surface area contributed by atoms with Gasteiger partial charge in [-0.05, 0) is 12.8 Å². The van der Waals surface area contributed by atoms with Crippen molar-refractivity contribution in [3.63, 3.8) is 0 Å². The molecule has 0 radical (unpaired) electrons. The molecule has 4 heteroatoms. The quantitative estimate of drug-likeness (QED) is 0.728. The third kappa shape index (κ3) is 4.30. The summed E-state index contributed by atoms with van der Waals surface area (Å²) in [4.78, 5) is 2.23. The van der Waals surface area contributed by atoms with Gasteiger partial charge >= 0.3 is 0 Å². The standard InChI is InChI=1S/C15H25FN2O/c1-4-6-8-18(9-7-5-2)14-11-15(19-3)12(16)10-13(14)17/h10-11H,4-9,17H2,1-3H3. The molecule has 0 aromatic heterocycles. The average molecular weight is 268 g/mol. The summed E-state index contributed by atoms with van der Waals surface area (Å²) in [6.45, 7) is 6.20. The minimum Gasteiger partial charge on any atom is -0.494 e. The largest absolute Gasteiger partial charge is 0.494 e. The molecule has 1 aromatic carbocycles. The number of halogens is 1. The van der Waals surface area contributed by atoms with Crippen LogP contribution in [0.2, 0.25) is 0 Å². The third-order valence-corrected chi connectivity index (χ3v) is 3.20. The van der Waals surface area contributed by atoms with E-state index in [9.17, 15) is 4.39 Å². The van der Waals surface area contributed by atoms with E-state index in [1.54, 1.807) is 6.07 Å². The Morgan fingerprint density at radius 3 is 2.21 bits per heavy atom. The molecule has 0 unspecified atom stereocenters. The predicted molar refractivity (Wildman–Crippen MR) is 79.4 cm³/mol. The van der Waals surface area contributed by atoms with E-state index in [1.807, 2.05) is 0 Å². The van der Waals surface area contributed by atoms with Crippen LogP contribution >= 0.6 is 0 Å². The van der Waals surface area contributed by atoms with E-state index in [0.717, 1.165) is 44.5 Å². The van der Waals surface area contributed by atoms with Gasteiger partial charge < -0.3 is 15.4 Å². The fourth-order valence-corrected chi connectivity index (χ4v) is 2.04. The zero-order chi connectivity index (χ0) is 14.3. The van der Waals surface area contributed by atoms with Gasteiger partial charge in [0.2, 0.25) is 0 Å². The molecule has 0 saturated heterocycles. The number of nitrogens with zero attached hydrogens (tertiary/aromatic N) is 1. The molecule has 108 valence electrons. The van der Waals surface area contributed by atoms with Crippen LogP contribution in [0.25, 0.3) is 0 Å². The van der Waals surface area contributed by atoms with Crippen LogP contribution in [-0.4, -0.2) is 20.2 Å². The summed E-state index contributed by atoms with van der Waals surface area (Å²) < 4.78 is 18.6. The van der Waals surface area contributed by atoms with E-state index < -0.39 is 5.82 Å². The first-order valence-electron chi connectivity index (χ1n) is 7.02. The Hall–Kier alpha value is -1.45. The lowest BCUT2D eigenvalue weighted by Gasteiger charge is -2.26. The lowest BCUT2D eigenvalue weighted by molar-refractivity contribution is 0.386. The molecule has 19 heavy (non-hydrogen) atoms. The Balaban J connectivity index is 2.98. The van der Waals surface area contributed by atoms with Crippen molar-refractivity contribution in [2.24, 2.45) is 0 Å².